The van der Waals surface area contributed by atoms with Crippen molar-refractivity contribution in [3.8, 4) is 0 Å². The second-order valence-electron chi connectivity index (χ2n) is 5.55. The van der Waals surface area contributed by atoms with Crippen molar-refractivity contribution < 1.29 is 23.1 Å². The van der Waals surface area contributed by atoms with Crippen LogP contribution in [0.15, 0.2) is 30.3 Å². The van der Waals surface area contributed by atoms with E-state index in [1.54, 1.807) is 12.1 Å². The van der Waals surface area contributed by atoms with Crippen LogP contribution in [0.1, 0.15) is 40.1 Å². The number of aromatic carboxylic acids is 1. The molecule has 1 aromatic carbocycles. The number of anilines is 1. The predicted molar refractivity (Wildman–Crippen MR) is 73.8 cm³/mol. The number of carbonyl (C=O) groups is 1. The lowest BCUT2D eigenvalue weighted by Gasteiger charge is -2.33. The molecule has 2 heterocycles. The maximum atomic E-state index is 13.3. The third kappa shape index (κ3) is 2.88. The van der Waals surface area contributed by atoms with Gasteiger partial charge in [-0.05, 0) is 12.5 Å². The average Bonchev–Trinajstić information content (AvgIpc) is 2.90. The number of carbonyl (C=O) groups excluding carboxylic acids is 1. The molecule has 122 valence electrons. The second kappa shape index (κ2) is 5.29. The average molecular weight is 324 g/mol. The summed E-state index contributed by atoms with van der Waals surface area (Å²) in [5.74, 6) is -1.59. The number of hydrogen-bond acceptors (Lipinski definition) is 4. The number of benzene rings is 1. The van der Waals surface area contributed by atoms with Crippen molar-refractivity contribution in [3.63, 3.8) is 0 Å². The number of nitrogens with zero attached hydrogens (tertiary/aromatic N) is 2. The molecule has 8 heteroatoms. The van der Waals surface area contributed by atoms with E-state index in [0.717, 1.165) is 11.6 Å². The van der Waals surface area contributed by atoms with Gasteiger partial charge in [-0.15, -0.1) is 0 Å². The molecule has 0 bridgehead atoms. The molecule has 0 spiro atoms. The number of carboxylic acid groups (broad SMARTS) is 1. The molecule has 5 nitrogen and oxygen atoms in total. The SMILES string of the molecule is Cc1ccc([C@H]2C[C@@H](C(F)(F)F)n3nc(C(=O)[O-])cc3N2)cc1. The topological polar surface area (TPSA) is 70.0 Å². The third-order valence-electron chi connectivity index (χ3n) is 3.88. The number of aromatic nitrogens is 2. The molecule has 0 aliphatic carbocycles. The molecule has 2 atom stereocenters. The van der Waals surface area contributed by atoms with Gasteiger partial charge in [0.25, 0.3) is 0 Å². The van der Waals surface area contributed by atoms with Gasteiger partial charge in [0, 0.05) is 12.5 Å². The van der Waals surface area contributed by atoms with Crippen molar-refractivity contribution in [2.24, 2.45) is 0 Å². The lowest BCUT2D eigenvalue weighted by molar-refractivity contribution is -0.255. The third-order valence-corrected chi connectivity index (χ3v) is 3.88. The Bertz CT molecular complexity index is 737. The highest BCUT2D eigenvalue weighted by Gasteiger charge is 2.46. The van der Waals surface area contributed by atoms with Gasteiger partial charge in [-0.25, -0.2) is 4.68 Å². The minimum absolute atomic E-state index is 0.0170. The summed E-state index contributed by atoms with van der Waals surface area (Å²) < 4.78 is 40.7. The molecule has 0 amide bonds. The Kier molecular flexibility index (Phi) is 3.54. The van der Waals surface area contributed by atoms with Gasteiger partial charge in [-0.2, -0.15) is 18.3 Å². The number of carboxylic acids is 1. The minimum atomic E-state index is -4.53. The van der Waals surface area contributed by atoms with Gasteiger partial charge in [-0.3, -0.25) is 0 Å². The van der Waals surface area contributed by atoms with E-state index in [2.05, 4.69) is 10.4 Å². The molecule has 2 aromatic rings. The van der Waals surface area contributed by atoms with E-state index < -0.39 is 29.9 Å². The Balaban J connectivity index is 2.01. The minimum Gasteiger partial charge on any atom is -0.543 e. The number of rotatable bonds is 2. The Hall–Kier alpha value is -2.51. The molecule has 1 N–H and O–H groups in total. The van der Waals surface area contributed by atoms with E-state index in [0.29, 0.717) is 10.2 Å². The molecule has 1 aliphatic rings. The van der Waals surface area contributed by atoms with Crippen LogP contribution in [0, 0.1) is 6.92 Å². The lowest BCUT2D eigenvalue weighted by Crippen LogP contribution is -2.35. The summed E-state index contributed by atoms with van der Waals surface area (Å²) in [7, 11) is 0. The first-order chi connectivity index (χ1) is 10.8. The lowest BCUT2D eigenvalue weighted by atomic mass is 9.96. The number of fused-ring (bicyclic) bond motifs is 1. The monoisotopic (exact) mass is 324 g/mol. The van der Waals surface area contributed by atoms with E-state index in [9.17, 15) is 23.1 Å². The summed E-state index contributed by atoms with van der Waals surface area (Å²) >= 11 is 0. The number of hydrogen-bond donors (Lipinski definition) is 1. The largest absolute Gasteiger partial charge is 0.543 e. The van der Waals surface area contributed by atoms with Crippen molar-refractivity contribution >= 4 is 11.8 Å². The molecular weight excluding hydrogens is 311 g/mol. The Morgan fingerprint density at radius 1 is 1.35 bits per heavy atom. The van der Waals surface area contributed by atoms with Gasteiger partial charge in [0.1, 0.15) is 11.5 Å². The van der Waals surface area contributed by atoms with Crippen LogP contribution in [0.3, 0.4) is 0 Å². The molecule has 23 heavy (non-hydrogen) atoms. The fourth-order valence-corrected chi connectivity index (χ4v) is 2.69. The zero-order chi connectivity index (χ0) is 16.8. The molecule has 0 unspecified atom stereocenters. The van der Waals surface area contributed by atoms with Crippen molar-refractivity contribution in [2.75, 3.05) is 5.32 Å². The number of halogens is 3. The van der Waals surface area contributed by atoms with Crippen molar-refractivity contribution in [2.45, 2.75) is 31.6 Å². The van der Waals surface area contributed by atoms with Crippen LogP contribution >= 0.6 is 0 Å². The summed E-state index contributed by atoms with van der Waals surface area (Å²) in [5.41, 5.74) is 1.18. The standard InChI is InChI=1S/C15H14F3N3O2/c1-8-2-4-9(5-3-8)10-6-12(15(16,17)18)21-13(19-10)7-11(20-21)14(22)23/h2-5,7,10,12,19H,6H2,1H3,(H,22,23)/p-1/t10-,12+/m1/s1. The zero-order valence-corrected chi connectivity index (χ0v) is 12.1. The summed E-state index contributed by atoms with van der Waals surface area (Å²) in [6.07, 6.45) is -4.80. The van der Waals surface area contributed by atoms with Crippen LogP contribution in [0.25, 0.3) is 0 Å². The van der Waals surface area contributed by atoms with Crippen molar-refractivity contribution in [1.82, 2.24) is 9.78 Å². The van der Waals surface area contributed by atoms with Gasteiger partial charge in [-0.1, -0.05) is 29.8 Å². The number of alkyl halides is 3. The molecule has 0 radical (unpaired) electrons. The highest BCUT2D eigenvalue weighted by atomic mass is 19.4. The van der Waals surface area contributed by atoms with Gasteiger partial charge < -0.3 is 15.2 Å². The fraction of sp³-hybridized carbons (Fsp3) is 0.333. The molecule has 1 aliphatic heterocycles. The molecule has 1 aromatic heterocycles. The van der Waals surface area contributed by atoms with Crippen LogP contribution in [-0.4, -0.2) is 21.9 Å². The first-order valence-electron chi connectivity index (χ1n) is 6.96. The van der Waals surface area contributed by atoms with Gasteiger partial charge in [0.2, 0.25) is 0 Å². The normalized spacial score (nSPS) is 20.7. The smallest absolute Gasteiger partial charge is 0.410 e. The second-order valence-corrected chi connectivity index (χ2v) is 5.55. The maximum absolute atomic E-state index is 13.3. The van der Waals surface area contributed by atoms with E-state index in [1.807, 2.05) is 19.1 Å². The molecule has 3 rings (SSSR count). The number of aryl methyl sites for hydroxylation is 1. The van der Waals surface area contributed by atoms with Crippen LogP contribution in [0.5, 0.6) is 0 Å². The van der Waals surface area contributed by atoms with Crippen LogP contribution in [0.4, 0.5) is 19.0 Å². The first kappa shape index (κ1) is 15.4. The van der Waals surface area contributed by atoms with Gasteiger partial charge >= 0.3 is 6.18 Å². The van der Waals surface area contributed by atoms with E-state index in [1.165, 1.54) is 0 Å². The van der Waals surface area contributed by atoms with Crippen LogP contribution in [0.2, 0.25) is 0 Å². The Labute approximate surface area is 129 Å². The Morgan fingerprint density at radius 2 is 2.00 bits per heavy atom. The quantitative estimate of drug-likeness (QED) is 0.919. The van der Waals surface area contributed by atoms with Crippen molar-refractivity contribution in [1.29, 1.82) is 0 Å². The van der Waals surface area contributed by atoms with Crippen LogP contribution < -0.4 is 10.4 Å². The highest BCUT2D eigenvalue weighted by molar-refractivity contribution is 5.84. The van der Waals surface area contributed by atoms with E-state index in [-0.39, 0.29) is 12.2 Å². The van der Waals surface area contributed by atoms with Crippen LogP contribution in [-0.2, 0) is 0 Å². The summed E-state index contributed by atoms with van der Waals surface area (Å²) in [6, 6.07) is 5.74. The van der Waals surface area contributed by atoms with E-state index >= 15 is 0 Å². The molecule has 0 saturated heterocycles. The summed E-state index contributed by atoms with van der Waals surface area (Å²) in [4.78, 5) is 10.9. The number of nitrogens with one attached hydrogen (secondary N) is 1. The molecule has 0 saturated carbocycles. The summed E-state index contributed by atoms with van der Waals surface area (Å²) in [6.45, 7) is 1.89. The maximum Gasteiger partial charge on any atom is 0.410 e. The van der Waals surface area contributed by atoms with Gasteiger partial charge in [0.05, 0.1) is 12.0 Å². The molecular formula is C15H13F3N3O2-. The van der Waals surface area contributed by atoms with E-state index in [4.69, 9.17) is 0 Å². The summed E-state index contributed by atoms with van der Waals surface area (Å²) in [5, 5.41) is 17.3. The zero-order valence-electron chi connectivity index (χ0n) is 12.1. The fourth-order valence-electron chi connectivity index (χ4n) is 2.69. The Morgan fingerprint density at radius 3 is 2.57 bits per heavy atom. The highest BCUT2D eigenvalue weighted by Crippen LogP contribution is 2.43. The van der Waals surface area contributed by atoms with Gasteiger partial charge in [0.15, 0.2) is 6.04 Å². The van der Waals surface area contributed by atoms with Crippen molar-refractivity contribution in [3.05, 3.63) is 47.2 Å². The first-order valence-corrected chi connectivity index (χ1v) is 6.96. The predicted octanol–water partition coefficient (Wildman–Crippen LogP) is 2.22. The molecule has 0 fully saturated rings.